The van der Waals surface area contributed by atoms with Gasteiger partial charge < -0.3 is 10.2 Å². The van der Waals surface area contributed by atoms with Gasteiger partial charge in [-0.1, -0.05) is 55.8 Å². The van der Waals surface area contributed by atoms with Crippen LogP contribution in [0.3, 0.4) is 0 Å². The van der Waals surface area contributed by atoms with Crippen LogP contribution >= 0.6 is 11.6 Å². The highest BCUT2D eigenvalue weighted by Crippen LogP contribution is 2.52. The molecular formula is C23H21ClN4O2. The van der Waals surface area contributed by atoms with Crippen LogP contribution in [0.2, 0.25) is 5.02 Å². The summed E-state index contributed by atoms with van der Waals surface area (Å²) in [4.78, 5) is 28.6. The Balaban J connectivity index is 1.75. The normalized spacial score (nSPS) is 19.9. The number of benzene rings is 2. The second-order valence-electron chi connectivity index (χ2n) is 8.23. The zero-order valence-electron chi connectivity index (χ0n) is 16.7. The molecule has 2 aromatic carbocycles. The SMILES string of the molecule is CC(C)CN1C(=O)C2(CC(=O)Nc3c2cnn3-c2ccccc2Cl)c2ccccc21. The van der Waals surface area contributed by atoms with Crippen molar-refractivity contribution >= 4 is 34.9 Å². The Morgan fingerprint density at radius 3 is 2.50 bits per heavy atom. The van der Waals surface area contributed by atoms with Gasteiger partial charge in [0.1, 0.15) is 11.2 Å². The van der Waals surface area contributed by atoms with Crippen LogP contribution < -0.4 is 10.2 Å². The number of rotatable bonds is 3. The molecule has 6 nitrogen and oxygen atoms in total. The number of anilines is 2. The molecule has 0 bridgehead atoms. The average molecular weight is 421 g/mol. The van der Waals surface area contributed by atoms with Gasteiger partial charge in [-0.3, -0.25) is 9.59 Å². The van der Waals surface area contributed by atoms with E-state index in [4.69, 9.17) is 11.6 Å². The van der Waals surface area contributed by atoms with Crippen LogP contribution in [0.5, 0.6) is 0 Å². The lowest BCUT2D eigenvalue weighted by atomic mass is 9.72. The molecule has 0 aliphatic carbocycles. The van der Waals surface area contributed by atoms with Crippen LogP contribution in [-0.2, 0) is 15.0 Å². The maximum absolute atomic E-state index is 13.9. The van der Waals surface area contributed by atoms with Gasteiger partial charge in [-0.15, -0.1) is 0 Å². The number of fused-ring (bicyclic) bond motifs is 4. The Labute approximate surface area is 179 Å². The van der Waals surface area contributed by atoms with E-state index in [1.807, 2.05) is 47.4 Å². The van der Waals surface area contributed by atoms with E-state index in [2.05, 4.69) is 24.3 Å². The largest absolute Gasteiger partial charge is 0.311 e. The Morgan fingerprint density at radius 1 is 1.07 bits per heavy atom. The smallest absolute Gasteiger partial charge is 0.242 e. The molecular weight excluding hydrogens is 400 g/mol. The molecule has 1 aromatic heterocycles. The summed E-state index contributed by atoms with van der Waals surface area (Å²) in [7, 11) is 0. The minimum Gasteiger partial charge on any atom is -0.311 e. The summed E-state index contributed by atoms with van der Waals surface area (Å²) >= 11 is 6.39. The standard InChI is InChI=1S/C23H21ClN4O2/c1-14(2)13-27-18-9-5-3-7-15(18)23(22(27)30)11-20(29)26-21-16(23)12-25-28(21)19-10-6-4-8-17(19)24/h3-10,12,14H,11,13H2,1-2H3,(H,26,29). The van der Waals surface area contributed by atoms with Gasteiger partial charge in [0.25, 0.3) is 0 Å². The first kappa shape index (κ1) is 18.9. The van der Waals surface area contributed by atoms with Gasteiger partial charge in [0, 0.05) is 24.2 Å². The lowest BCUT2D eigenvalue weighted by Crippen LogP contribution is -2.47. The number of carbonyl (C=O) groups is 2. The lowest BCUT2D eigenvalue weighted by Gasteiger charge is -2.32. The lowest BCUT2D eigenvalue weighted by molar-refractivity contribution is -0.126. The zero-order valence-corrected chi connectivity index (χ0v) is 17.5. The molecule has 0 saturated carbocycles. The van der Waals surface area contributed by atoms with Gasteiger partial charge in [-0.2, -0.15) is 5.10 Å². The van der Waals surface area contributed by atoms with E-state index in [1.54, 1.807) is 16.9 Å². The van der Waals surface area contributed by atoms with Crippen molar-refractivity contribution in [3.63, 3.8) is 0 Å². The predicted octanol–water partition coefficient (Wildman–Crippen LogP) is 4.16. The first-order valence-corrected chi connectivity index (χ1v) is 10.4. The number of nitrogens with one attached hydrogen (secondary N) is 1. The molecule has 1 spiro atoms. The molecule has 3 heterocycles. The molecule has 30 heavy (non-hydrogen) atoms. The summed E-state index contributed by atoms with van der Waals surface area (Å²) in [5.41, 5.74) is 1.98. The van der Waals surface area contributed by atoms with E-state index in [0.29, 0.717) is 34.6 Å². The van der Waals surface area contributed by atoms with Crippen molar-refractivity contribution in [2.45, 2.75) is 25.7 Å². The molecule has 1 N–H and O–H groups in total. The summed E-state index contributed by atoms with van der Waals surface area (Å²) in [5.74, 6) is 0.492. The highest BCUT2D eigenvalue weighted by Gasteiger charge is 2.57. The molecule has 0 saturated heterocycles. The Morgan fingerprint density at radius 2 is 1.77 bits per heavy atom. The quantitative estimate of drug-likeness (QED) is 0.691. The fourth-order valence-corrected chi connectivity index (χ4v) is 4.82. The number of amides is 2. The third-order valence-electron chi connectivity index (χ3n) is 5.81. The Kier molecular flexibility index (Phi) is 4.22. The molecule has 2 aliphatic rings. The Hall–Kier alpha value is -3.12. The van der Waals surface area contributed by atoms with Crippen LogP contribution in [0.15, 0.2) is 54.7 Å². The Bertz CT molecular complexity index is 1190. The molecule has 0 radical (unpaired) electrons. The van der Waals surface area contributed by atoms with Crippen molar-refractivity contribution in [3.8, 4) is 5.69 Å². The second kappa shape index (κ2) is 6.71. The third kappa shape index (κ3) is 2.53. The summed E-state index contributed by atoms with van der Waals surface area (Å²) in [6.07, 6.45) is 1.74. The molecule has 2 amide bonds. The highest BCUT2D eigenvalue weighted by atomic mass is 35.5. The first-order chi connectivity index (χ1) is 14.4. The van der Waals surface area contributed by atoms with Crippen LogP contribution in [0.25, 0.3) is 5.69 Å². The maximum Gasteiger partial charge on any atom is 0.242 e. The molecule has 7 heteroatoms. The molecule has 0 fully saturated rings. The molecule has 5 rings (SSSR count). The molecule has 2 aliphatic heterocycles. The summed E-state index contributed by atoms with van der Waals surface area (Å²) < 4.78 is 1.61. The van der Waals surface area contributed by atoms with Gasteiger partial charge in [-0.05, 0) is 29.7 Å². The predicted molar refractivity (Wildman–Crippen MR) is 116 cm³/mol. The average Bonchev–Trinajstić information content (AvgIpc) is 3.23. The molecule has 3 aromatic rings. The van der Waals surface area contributed by atoms with Crippen LogP contribution in [0.1, 0.15) is 31.4 Å². The topological polar surface area (TPSA) is 67.2 Å². The molecule has 152 valence electrons. The van der Waals surface area contributed by atoms with Gasteiger partial charge in [-0.25, -0.2) is 4.68 Å². The van der Waals surface area contributed by atoms with E-state index in [1.165, 1.54) is 0 Å². The number of para-hydroxylation sites is 2. The van der Waals surface area contributed by atoms with E-state index in [9.17, 15) is 9.59 Å². The van der Waals surface area contributed by atoms with Crippen molar-refractivity contribution in [3.05, 3.63) is 70.9 Å². The van der Waals surface area contributed by atoms with Crippen LogP contribution in [-0.4, -0.2) is 28.1 Å². The van der Waals surface area contributed by atoms with E-state index < -0.39 is 5.41 Å². The minimum absolute atomic E-state index is 0.0542. The van der Waals surface area contributed by atoms with Crippen molar-refractivity contribution in [1.82, 2.24) is 9.78 Å². The number of hydrogen-bond acceptors (Lipinski definition) is 3. The third-order valence-corrected chi connectivity index (χ3v) is 6.13. The fraction of sp³-hybridized carbons (Fsp3) is 0.261. The molecule has 1 atom stereocenters. The van der Waals surface area contributed by atoms with Crippen LogP contribution in [0.4, 0.5) is 11.5 Å². The van der Waals surface area contributed by atoms with E-state index >= 15 is 0 Å². The monoisotopic (exact) mass is 420 g/mol. The number of aromatic nitrogens is 2. The highest BCUT2D eigenvalue weighted by molar-refractivity contribution is 6.32. The summed E-state index contributed by atoms with van der Waals surface area (Å²) in [5, 5.41) is 7.96. The van der Waals surface area contributed by atoms with Crippen molar-refractivity contribution < 1.29 is 9.59 Å². The molecule has 1 unspecified atom stereocenters. The number of hydrogen-bond donors (Lipinski definition) is 1. The van der Waals surface area contributed by atoms with E-state index in [-0.39, 0.29) is 18.2 Å². The zero-order chi connectivity index (χ0) is 21.0. The van der Waals surface area contributed by atoms with Crippen molar-refractivity contribution in [2.24, 2.45) is 5.92 Å². The fourth-order valence-electron chi connectivity index (χ4n) is 4.60. The minimum atomic E-state index is -1.08. The summed E-state index contributed by atoms with van der Waals surface area (Å²) in [6, 6.07) is 15.0. The van der Waals surface area contributed by atoms with Crippen LogP contribution in [0, 0.1) is 5.92 Å². The van der Waals surface area contributed by atoms with E-state index in [0.717, 1.165) is 11.3 Å². The number of nitrogens with zero attached hydrogens (tertiary/aromatic N) is 3. The van der Waals surface area contributed by atoms with Gasteiger partial charge in [0.15, 0.2) is 0 Å². The maximum atomic E-state index is 13.9. The van der Waals surface area contributed by atoms with Gasteiger partial charge >= 0.3 is 0 Å². The van der Waals surface area contributed by atoms with Crippen molar-refractivity contribution in [2.75, 3.05) is 16.8 Å². The second-order valence-corrected chi connectivity index (χ2v) is 8.63. The summed E-state index contributed by atoms with van der Waals surface area (Å²) in [6.45, 7) is 4.75. The first-order valence-electron chi connectivity index (χ1n) is 9.98. The van der Waals surface area contributed by atoms with Gasteiger partial charge in [0.2, 0.25) is 11.8 Å². The van der Waals surface area contributed by atoms with Gasteiger partial charge in [0.05, 0.1) is 16.9 Å². The number of halogens is 1. The van der Waals surface area contributed by atoms with Crippen molar-refractivity contribution in [1.29, 1.82) is 0 Å². The number of carbonyl (C=O) groups excluding carboxylic acids is 2.